The minimum atomic E-state index is -2.15. The lowest BCUT2D eigenvalue weighted by atomic mass is 9.94. The topological polar surface area (TPSA) is 506 Å². The van der Waals surface area contributed by atoms with E-state index in [4.69, 9.17) is 56.8 Å². The van der Waals surface area contributed by atoms with Gasteiger partial charge in [0.2, 0.25) is 0 Å². The fourth-order valence-corrected chi connectivity index (χ4v) is 8.93. The molecule has 0 aromatic rings. The van der Waals surface area contributed by atoms with Crippen LogP contribution >= 0.6 is 0 Å². The number of hydrogen-bond donors (Lipinski definition) is 18. The number of rotatable bonds is 6. The molecule has 20 N–H and O–H groups in total. The molecule has 0 aromatic carbocycles. The number of ether oxygens (including phenoxy) is 12. The second-order valence-electron chi connectivity index (χ2n) is 16.8. The van der Waals surface area contributed by atoms with Crippen molar-refractivity contribution < 1.29 is 154 Å². The molecule has 67 heavy (non-hydrogen) atoms. The van der Waals surface area contributed by atoms with Gasteiger partial charge in [-0.25, -0.2) is 0 Å². The van der Waals surface area contributed by atoms with Crippen LogP contribution in [0.3, 0.4) is 0 Å². The van der Waals surface area contributed by atoms with Gasteiger partial charge in [-0.1, -0.05) is 0 Å². The molecule has 30 atom stereocenters. The van der Waals surface area contributed by atoms with Crippen LogP contribution in [0, 0.1) is 0 Å². The molecular formula is C36H62O31. The minimum absolute atomic E-state index is 0. The van der Waals surface area contributed by atoms with E-state index in [2.05, 4.69) is 0 Å². The Hall–Kier alpha value is -1.24. The predicted octanol–water partition coefficient (Wildman–Crippen LogP) is -13.9. The van der Waals surface area contributed by atoms with Gasteiger partial charge in [0.15, 0.2) is 37.7 Å². The first kappa shape index (κ1) is 55.1. The van der Waals surface area contributed by atoms with Crippen molar-refractivity contribution in [1.82, 2.24) is 0 Å². The number of aliphatic hydroxyl groups excluding tert-OH is 18. The first-order chi connectivity index (χ1) is 31.4. The lowest BCUT2D eigenvalue weighted by molar-refractivity contribution is -0.404. The molecule has 22 fully saturated rings. The lowest BCUT2D eigenvalue weighted by Gasteiger charge is -2.50. The fourth-order valence-electron chi connectivity index (χ4n) is 8.93. The van der Waals surface area contributed by atoms with E-state index in [1.54, 1.807) is 0 Å². The van der Waals surface area contributed by atoms with Crippen LogP contribution in [0.2, 0.25) is 0 Å². The van der Waals surface area contributed by atoms with Gasteiger partial charge in [-0.3, -0.25) is 0 Å². The Bertz CT molecular complexity index is 1230. The Morgan fingerprint density at radius 2 is 0.313 bits per heavy atom. The average Bonchev–Trinajstić information content (AvgIpc) is 3.31. The molecule has 0 aromatic heterocycles. The monoisotopic (exact) mass is 990 g/mol. The maximum atomic E-state index is 11.2. The standard InChI is InChI=1S/C36H60O30.H2O/c37-1-7-25-13(43)19(49)31(55-7)62-26-8(2-38)57-33(21(51)15(26)45)64-28-10(4-40)59-35(23(53)17(28)47)66-30-12(6-42)60-36(24(54)18(30)48)65-29-11(5-41)58-34(22(52)16(29)46)63-27-9(3-39)56-32(61-25)20(50)14(27)44;/h7-54H,1-6H2;1H2/t7-,8-,9-,10-,11-,12-,13-,14-,15-,16-,17-,18+,19-,20-,21-,22-,23-,24+,25-,26-,27-,28-,29-,30-,31-,32-,33-,34-,35-,36-;/m1./s1. The second-order valence-corrected chi connectivity index (χ2v) is 16.8. The van der Waals surface area contributed by atoms with E-state index in [9.17, 15) is 91.9 Å². The highest BCUT2D eigenvalue weighted by molar-refractivity contribution is 5.01. The van der Waals surface area contributed by atoms with E-state index < -0.39 is 224 Å². The van der Waals surface area contributed by atoms with Gasteiger partial charge in [0.1, 0.15) is 146 Å². The summed E-state index contributed by atoms with van der Waals surface area (Å²) in [7, 11) is 0. The van der Waals surface area contributed by atoms with Gasteiger partial charge in [0.25, 0.3) is 0 Å². The summed E-state index contributed by atoms with van der Waals surface area (Å²) in [6, 6.07) is 0. The van der Waals surface area contributed by atoms with E-state index in [0.717, 1.165) is 0 Å². The molecule has 0 unspecified atom stereocenters. The van der Waals surface area contributed by atoms with Crippen molar-refractivity contribution in [2.24, 2.45) is 0 Å². The van der Waals surface area contributed by atoms with Gasteiger partial charge < -0.3 is 154 Å². The summed E-state index contributed by atoms with van der Waals surface area (Å²) >= 11 is 0. The van der Waals surface area contributed by atoms with Crippen LogP contribution in [-0.2, 0) is 56.8 Å². The zero-order valence-electron chi connectivity index (χ0n) is 35.0. The van der Waals surface area contributed by atoms with Crippen LogP contribution in [0.1, 0.15) is 0 Å². The number of aliphatic hydroxyl groups is 18. The van der Waals surface area contributed by atoms with Crippen molar-refractivity contribution in [3.05, 3.63) is 0 Å². The predicted molar refractivity (Wildman–Crippen MR) is 199 cm³/mol. The van der Waals surface area contributed by atoms with Crippen LogP contribution in [0.5, 0.6) is 0 Å². The highest BCUT2D eigenvalue weighted by Gasteiger charge is 2.58. The van der Waals surface area contributed by atoms with Crippen LogP contribution in [-0.4, -0.2) is 321 Å². The van der Waals surface area contributed by atoms with Crippen LogP contribution in [0.4, 0.5) is 0 Å². The summed E-state index contributed by atoms with van der Waals surface area (Å²) in [6.07, 6.45) is -58.5. The summed E-state index contributed by atoms with van der Waals surface area (Å²) in [5.74, 6) is 0. The Kier molecular flexibility index (Phi) is 19.0. The SMILES string of the molecule is O.OC[C@H]1O[C@@H]2O[C@H]3[C@H](O)[C@@H](O)[C@@H](O[C@H]4[C@H](O)[C@@H](O)[C@@H](O[C@H]5[C@H](O)[C@@H](O)[C@@H](O[C@H]6[C@H](O)[C@@H](O)[C@@H](O[C@H]7[C@@H](O)[C@H](O)[C@@H](O[C@H]1[C@H](O)[C@H]2O)O[C@@H]7CO)O[C@@H]6CO)O[C@@H]5CO)O[C@@H]4CO)O[C@@H]3CO. The molecule has 392 valence electrons. The molecule has 22 aliphatic rings. The molecular weight excluding hydrogens is 928 g/mol. The number of hydrogen-bond acceptors (Lipinski definition) is 30. The minimum Gasteiger partial charge on any atom is -0.412 e. The fraction of sp³-hybridized carbons (Fsp3) is 1.00. The second kappa shape index (κ2) is 23.1. The molecule has 22 rings (SSSR count). The Labute approximate surface area is 378 Å². The molecule has 22 heterocycles. The van der Waals surface area contributed by atoms with Gasteiger partial charge in [-0.2, -0.15) is 0 Å². The zero-order chi connectivity index (χ0) is 48.0. The molecule has 12 bridgehead atoms. The van der Waals surface area contributed by atoms with Crippen LogP contribution < -0.4 is 0 Å². The third kappa shape index (κ3) is 10.7. The molecule has 22 aliphatic heterocycles. The highest BCUT2D eigenvalue weighted by atomic mass is 16.8. The van der Waals surface area contributed by atoms with Crippen molar-refractivity contribution in [3.8, 4) is 0 Å². The molecule has 0 aliphatic carbocycles. The molecule has 0 amide bonds. The molecule has 0 spiro atoms. The van der Waals surface area contributed by atoms with Crippen molar-refractivity contribution in [3.63, 3.8) is 0 Å². The molecule has 0 radical (unpaired) electrons. The third-order valence-corrected chi connectivity index (χ3v) is 12.7. The Morgan fingerprint density at radius 3 is 0.418 bits per heavy atom. The summed E-state index contributed by atoms with van der Waals surface area (Å²) in [5, 5.41) is 196. The summed E-state index contributed by atoms with van der Waals surface area (Å²) in [4.78, 5) is 0. The maximum absolute atomic E-state index is 11.2. The summed E-state index contributed by atoms with van der Waals surface area (Å²) in [5.41, 5.74) is 0. The van der Waals surface area contributed by atoms with E-state index in [1.165, 1.54) is 0 Å². The normalized spacial score (nSPS) is 54.5. The maximum Gasteiger partial charge on any atom is 0.187 e. The van der Waals surface area contributed by atoms with Gasteiger partial charge in [0, 0.05) is 0 Å². The molecule has 31 heteroatoms. The molecule has 31 nitrogen and oxygen atoms in total. The Morgan fingerprint density at radius 1 is 0.194 bits per heavy atom. The Balaban J connectivity index is 0.00000741. The van der Waals surface area contributed by atoms with E-state index >= 15 is 0 Å². The quantitative estimate of drug-likeness (QED) is 0.117. The largest absolute Gasteiger partial charge is 0.412 e. The van der Waals surface area contributed by atoms with Gasteiger partial charge >= 0.3 is 0 Å². The first-order valence-electron chi connectivity index (χ1n) is 21.1. The smallest absolute Gasteiger partial charge is 0.187 e. The van der Waals surface area contributed by atoms with Gasteiger partial charge in [0.05, 0.1) is 39.6 Å². The van der Waals surface area contributed by atoms with E-state index in [1.807, 2.05) is 0 Å². The molecule has 0 saturated carbocycles. The van der Waals surface area contributed by atoms with Crippen LogP contribution in [0.25, 0.3) is 0 Å². The summed E-state index contributed by atoms with van der Waals surface area (Å²) in [6.45, 7) is -5.99. The van der Waals surface area contributed by atoms with Crippen molar-refractivity contribution in [2.45, 2.75) is 184 Å². The van der Waals surface area contributed by atoms with Crippen molar-refractivity contribution >= 4 is 0 Å². The van der Waals surface area contributed by atoms with Crippen molar-refractivity contribution in [1.29, 1.82) is 0 Å². The van der Waals surface area contributed by atoms with Gasteiger partial charge in [-0.05, 0) is 0 Å². The average molecular weight is 991 g/mol. The van der Waals surface area contributed by atoms with Gasteiger partial charge in [-0.15, -0.1) is 0 Å². The zero-order valence-corrected chi connectivity index (χ0v) is 35.0. The van der Waals surface area contributed by atoms with E-state index in [-0.39, 0.29) is 5.48 Å². The van der Waals surface area contributed by atoms with Crippen molar-refractivity contribution in [2.75, 3.05) is 39.6 Å². The van der Waals surface area contributed by atoms with Crippen LogP contribution in [0.15, 0.2) is 0 Å². The first-order valence-corrected chi connectivity index (χ1v) is 21.1. The molecule has 22 saturated heterocycles. The summed E-state index contributed by atoms with van der Waals surface area (Å²) < 4.78 is 67.9. The lowest BCUT2D eigenvalue weighted by Crippen LogP contribution is -2.69. The third-order valence-electron chi connectivity index (χ3n) is 12.7. The van der Waals surface area contributed by atoms with E-state index in [0.29, 0.717) is 0 Å². The highest BCUT2D eigenvalue weighted by Crippen LogP contribution is 2.38.